The van der Waals surface area contributed by atoms with Crippen molar-refractivity contribution >= 4 is 0 Å². The van der Waals surface area contributed by atoms with E-state index in [-0.39, 0.29) is 5.54 Å². The number of nitrogens with one attached hydrogen (secondary N) is 1. The zero-order chi connectivity index (χ0) is 14.4. The predicted molar refractivity (Wildman–Crippen MR) is 85.8 cm³/mol. The fourth-order valence-corrected chi connectivity index (χ4v) is 2.06. The highest BCUT2D eigenvalue weighted by atomic mass is 16.5. The van der Waals surface area contributed by atoms with Gasteiger partial charge in [0.05, 0.1) is 0 Å². The van der Waals surface area contributed by atoms with Gasteiger partial charge in [-0.2, -0.15) is 0 Å². The van der Waals surface area contributed by atoms with E-state index >= 15 is 0 Å². The van der Waals surface area contributed by atoms with Gasteiger partial charge in [0.1, 0.15) is 0 Å². The summed E-state index contributed by atoms with van der Waals surface area (Å²) in [7, 11) is 0. The van der Waals surface area contributed by atoms with Gasteiger partial charge in [-0.3, -0.25) is 0 Å². The van der Waals surface area contributed by atoms with Gasteiger partial charge in [0.25, 0.3) is 0 Å². The van der Waals surface area contributed by atoms with Crippen molar-refractivity contribution < 1.29 is 4.74 Å². The molecule has 0 heterocycles. The fourth-order valence-electron chi connectivity index (χ4n) is 2.06. The van der Waals surface area contributed by atoms with Crippen molar-refractivity contribution in [1.29, 1.82) is 0 Å². The van der Waals surface area contributed by atoms with E-state index in [0.717, 1.165) is 19.8 Å². The largest absolute Gasteiger partial charge is 0.381 e. The quantitative estimate of drug-likeness (QED) is 0.480. The molecule has 0 radical (unpaired) electrons. The molecule has 0 aromatic rings. The van der Waals surface area contributed by atoms with Crippen molar-refractivity contribution in [3.05, 3.63) is 0 Å². The van der Waals surface area contributed by atoms with Crippen molar-refractivity contribution in [2.45, 2.75) is 91.0 Å². The molecule has 0 amide bonds. The van der Waals surface area contributed by atoms with Crippen LogP contribution in [0.4, 0.5) is 0 Å². The molecule has 0 unspecified atom stereocenters. The molecule has 0 atom stereocenters. The van der Waals surface area contributed by atoms with E-state index in [1.807, 2.05) is 0 Å². The molecule has 0 aromatic heterocycles. The maximum atomic E-state index is 5.66. The lowest BCUT2D eigenvalue weighted by Gasteiger charge is -2.20. The maximum absolute atomic E-state index is 5.66. The van der Waals surface area contributed by atoms with Crippen LogP contribution in [-0.4, -0.2) is 25.3 Å². The second-order valence-corrected chi connectivity index (χ2v) is 6.62. The first kappa shape index (κ1) is 18.9. The Morgan fingerprint density at radius 3 is 1.79 bits per heavy atom. The van der Waals surface area contributed by atoms with Crippen molar-refractivity contribution in [2.75, 3.05) is 19.8 Å². The van der Waals surface area contributed by atoms with E-state index in [4.69, 9.17) is 4.74 Å². The first-order chi connectivity index (χ1) is 9.06. The highest BCUT2D eigenvalue weighted by Crippen LogP contribution is 2.04. The summed E-state index contributed by atoms with van der Waals surface area (Å²) in [6.07, 6.45) is 11.8. The molecule has 0 aliphatic rings. The lowest BCUT2D eigenvalue weighted by atomic mass is 10.1. The minimum absolute atomic E-state index is 0.265. The monoisotopic (exact) mass is 271 g/mol. The predicted octanol–water partition coefficient (Wildman–Crippen LogP) is 4.92. The van der Waals surface area contributed by atoms with Crippen LogP contribution in [0.15, 0.2) is 0 Å². The molecule has 0 spiro atoms. The second kappa shape index (κ2) is 12.9. The van der Waals surface area contributed by atoms with Gasteiger partial charge in [0.15, 0.2) is 0 Å². The van der Waals surface area contributed by atoms with Gasteiger partial charge in [-0.1, -0.05) is 45.4 Å². The number of ether oxygens (including phenoxy) is 1. The SMILES string of the molecule is CCCCCCCOCCCCCCNC(C)(C)C. The lowest BCUT2D eigenvalue weighted by molar-refractivity contribution is 0.125. The Morgan fingerprint density at radius 1 is 0.737 bits per heavy atom. The van der Waals surface area contributed by atoms with Crippen molar-refractivity contribution in [3.8, 4) is 0 Å². The summed E-state index contributed by atoms with van der Waals surface area (Å²) in [5.41, 5.74) is 0.265. The molecule has 0 aromatic carbocycles. The highest BCUT2D eigenvalue weighted by molar-refractivity contribution is 4.69. The molecule has 0 rings (SSSR count). The van der Waals surface area contributed by atoms with E-state index in [0.29, 0.717) is 0 Å². The minimum atomic E-state index is 0.265. The summed E-state index contributed by atoms with van der Waals surface area (Å²) in [4.78, 5) is 0. The van der Waals surface area contributed by atoms with Gasteiger partial charge in [0, 0.05) is 18.8 Å². The summed E-state index contributed by atoms with van der Waals surface area (Å²) >= 11 is 0. The molecule has 2 nitrogen and oxygen atoms in total. The van der Waals surface area contributed by atoms with Crippen LogP contribution in [0.3, 0.4) is 0 Å². The summed E-state index contributed by atoms with van der Waals surface area (Å²) in [6.45, 7) is 12.0. The molecule has 0 fully saturated rings. The molecule has 19 heavy (non-hydrogen) atoms. The summed E-state index contributed by atoms with van der Waals surface area (Å²) in [6, 6.07) is 0. The molecule has 0 saturated heterocycles. The molecule has 0 bridgehead atoms. The van der Waals surface area contributed by atoms with Crippen molar-refractivity contribution in [3.63, 3.8) is 0 Å². The average Bonchev–Trinajstić information content (AvgIpc) is 2.34. The highest BCUT2D eigenvalue weighted by Gasteiger charge is 2.06. The van der Waals surface area contributed by atoms with Crippen LogP contribution in [0.1, 0.15) is 85.5 Å². The summed E-state index contributed by atoms with van der Waals surface area (Å²) in [5, 5.41) is 3.53. The molecule has 2 heteroatoms. The first-order valence-electron chi connectivity index (χ1n) is 8.39. The topological polar surface area (TPSA) is 21.3 Å². The number of hydrogen-bond acceptors (Lipinski definition) is 2. The summed E-state index contributed by atoms with van der Waals surface area (Å²) < 4.78 is 5.66. The zero-order valence-electron chi connectivity index (χ0n) is 13.9. The van der Waals surface area contributed by atoms with Crippen LogP contribution in [-0.2, 0) is 4.74 Å². The maximum Gasteiger partial charge on any atom is 0.0466 e. The molecular weight excluding hydrogens is 234 g/mol. The smallest absolute Gasteiger partial charge is 0.0466 e. The Bertz CT molecular complexity index is 175. The Morgan fingerprint density at radius 2 is 1.26 bits per heavy atom. The van der Waals surface area contributed by atoms with Crippen LogP contribution in [0.2, 0.25) is 0 Å². The standard InChI is InChI=1S/C17H37NO/c1-5-6-7-9-12-15-19-16-13-10-8-11-14-18-17(2,3)4/h18H,5-16H2,1-4H3. The molecular formula is C17H37NO. The van der Waals surface area contributed by atoms with Crippen molar-refractivity contribution in [2.24, 2.45) is 0 Å². The molecule has 0 aliphatic carbocycles. The van der Waals surface area contributed by atoms with Crippen LogP contribution in [0.5, 0.6) is 0 Å². The van der Waals surface area contributed by atoms with Crippen LogP contribution in [0, 0.1) is 0 Å². The number of rotatable bonds is 13. The van der Waals surface area contributed by atoms with E-state index in [2.05, 4.69) is 33.0 Å². The van der Waals surface area contributed by atoms with Crippen LogP contribution >= 0.6 is 0 Å². The molecule has 1 N–H and O–H groups in total. The summed E-state index contributed by atoms with van der Waals surface area (Å²) in [5.74, 6) is 0. The third-order valence-corrected chi connectivity index (χ3v) is 3.26. The normalized spacial score (nSPS) is 12.0. The third kappa shape index (κ3) is 17.9. The number of hydrogen-bond donors (Lipinski definition) is 1. The van der Waals surface area contributed by atoms with Crippen molar-refractivity contribution in [1.82, 2.24) is 5.32 Å². The van der Waals surface area contributed by atoms with Gasteiger partial charge in [-0.25, -0.2) is 0 Å². The van der Waals surface area contributed by atoms with E-state index in [9.17, 15) is 0 Å². The van der Waals surface area contributed by atoms with Gasteiger partial charge >= 0.3 is 0 Å². The van der Waals surface area contributed by atoms with Crippen LogP contribution < -0.4 is 5.32 Å². The second-order valence-electron chi connectivity index (χ2n) is 6.62. The van der Waals surface area contributed by atoms with E-state index < -0.39 is 0 Å². The Hall–Kier alpha value is -0.0800. The number of unbranched alkanes of at least 4 members (excludes halogenated alkanes) is 7. The van der Waals surface area contributed by atoms with E-state index in [1.54, 1.807) is 0 Å². The Labute approximate surface area is 121 Å². The molecule has 0 saturated carbocycles. The van der Waals surface area contributed by atoms with Gasteiger partial charge in [0.2, 0.25) is 0 Å². The Kier molecular flexibility index (Phi) is 12.9. The Balaban J connectivity index is 2.99. The third-order valence-electron chi connectivity index (χ3n) is 3.26. The van der Waals surface area contributed by atoms with Crippen LogP contribution in [0.25, 0.3) is 0 Å². The minimum Gasteiger partial charge on any atom is -0.381 e. The fraction of sp³-hybridized carbons (Fsp3) is 1.00. The van der Waals surface area contributed by atoms with Gasteiger partial charge in [-0.15, -0.1) is 0 Å². The zero-order valence-corrected chi connectivity index (χ0v) is 13.9. The first-order valence-corrected chi connectivity index (χ1v) is 8.39. The lowest BCUT2D eigenvalue weighted by Crippen LogP contribution is -2.36. The molecule has 116 valence electrons. The van der Waals surface area contributed by atoms with Gasteiger partial charge < -0.3 is 10.1 Å². The van der Waals surface area contributed by atoms with E-state index in [1.165, 1.54) is 57.8 Å². The average molecular weight is 271 g/mol. The molecule has 0 aliphatic heterocycles. The van der Waals surface area contributed by atoms with Gasteiger partial charge in [-0.05, 0) is 46.6 Å².